The first-order chi connectivity index (χ1) is 13.6. The number of benzene rings is 1. The predicted molar refractivity (Wildman–Crippen MR) is 104 cm³/mol. The van der Waals surface area contributed by atoms with Gasteiger partial charge in [-0.05, 0) is 30.5 Å². The van der Waals surface area contributed by atoms with Gasteiger partial charge in [0.1, 0.15) is 29.4 Å². The number of aliphatic imine (C=N–C) groups is 1. The molecule has 3 rings (SSSR count). The highest BCUT2D eigenvalue weighted by Crippen LogP contribution is 2.43. The summed E-state index contributed by atoms with van der Waals surface area (Å²) in [5, 5.41) is 21.4. The fourth-order valence-corrected chi connectivity index (χ4v) is 4.70. The van der Waals surface area contributed by atoms with E-state index in [4.69, 9.17) is 9.47 Å². The van der Waals surface area contributed by atoms with Crippen LogP contribution in [0.5, 0.6) is 5.75 Å². The number of methoxy groups -OCH3 is 1. The number of fused-ring (bicyclic) bond motifs is 1. The molecule has 0 bridgehead atoms. The summed E-state index contributed by atoms with van der Waals surface area (Å²) in [5.41, 5.74) is -0.0427. The van der Waals surface area contributed by atoms with Gasteiger partial charge in [0.25, 0.3) is 0 Å². The molecule has 0 saturated carbocycles. The second-order valence-corrected chi connectivity index (χ2v) is 8.47. The van der Waals surface area contributed by atoms with Gasteiger partial charge < -0.3 is 24.6 Å². The third-order valence-electron chi connectivity index (χ3n) is 5.19. The summed E-state index contributed by atoms with van der Waals surface area (Å²) in [4.78, 5) is 5.98. The fourth-order valence-electron chi connectivity index (χ4n) is 3.55. The van der Waals surface area contributed by atoms with Crippen molar-refractivity contribution >= 4 is 16.9 Å². The summed E-state index contributed by atoms with van der Waals surface area (Å²) in [6.07, 6.45) is -9.36. The molecule has 0 radical (unpaired) electrons. The summed E-state index contributed by atoms with van der Waals surface area (Å²) in [6, 6.07) is 6.00. The Morgan fingerprint density at radius 2 is 1.86 bits per heavy atom. The zero-order valence-corrected chi connectivity index (χ0v) is 17.2. The maximum Gasteiger partial charge on any atom is 0.394 e. The number of rotatable bonds is 5. The highest BCUT2D eigenvalue weighted by atomic mass is 32.2. The van der Waals surface area contributed by atoms with E-state index in [1.807, 2.05) is 0 Å². The lowest BCUT2D eigenvalue weighted by molar-refractivity contribution is -0.250. The van der Waals surface area contributed by atoms with Gasteiger partial charge in [-0.15, -0.1) is 0 Å². The second kappa shape index (κ2) is 8.71. The zero-order valence-electron chi connectivity index (χ0n) is 16.3. The van der Waals surface area contributed by atoms with Crippen LogP contribution in [0.25, 0.3) is 0 Å². The van der Waals surface area contributed by atoms with Crippen molar-refractivity contribution in [2.24, 2.45) is 10.9 Å². The Morgan fingerprint density at radius 3 is 2.41 bits per heavy atom. The van der Waals surface area contributed by atoms with Crippen LogP contribution in [-0.2, 0) is 11.2 Å². The monoisotopic (exact) mass is 434 g/mol. The Bertz CT molecular complexity index is 729. The highest BCUT2D eigenvalue weighted by molar-refractivity contribution is 8.14. The maximum absolute atomic E-state index is 13.8. The van der Waals surface area contributed by atoms with Crippen molar-refractivity contribution in [1.82, 2.24) is 4.90 Å². The van der Waals surface area contributed by atoms with Crippen molar-refractivity contribution in [1.29, 1.82) is 0 Å². The lowest BCUT2D eigenvalue weighted by Crippen LogP contribution is -2.59. The zero-order chi connectivity index (χ0) is 21.3. The molecule has 0 spiro atoms. The molecule has 162 valence electrons. The minimum atomic E-state index is -4.58. The lowest BCUT2D eigenvalue weighted by atomic mass is 9.85. The number of hydrogen-bond acceptors (Lipinski definition) is 7. The molecule has 2 N–H and O–H groups in total. The second-order valence-electron chi connectivity index (χ2n) is 7.40. The van der Waals surface area contributed by atoms with Gasteiger partial charge >= 0.3 is 6.18 Å². The van der Waals surface area contributed by atoms with Gasteiger partial charge in [-0.2, -0.15) is 13.2 Å². The Hall–Kier alpha value is -1.49. The number of amidine groups is 1. The van der Waals surface area contributed by atoms with E-state index in [1.54, 1.807) is 43.3 Å². The van der Waals surface area contributed by atoms with E-state index in [-0.39, 0.29) is 12.8 Å². The third-order valence-corrected chi connectivity index (χ3v) is 6.49. The number of aliphatic hydroxyl groups excluding tert-OH is 2. The predicted octanol–water partition coefficient (Wildman–Crippen LogP) is 2.29. The summed E-state index contributed by atoms with van der Waals surface area (Å²) in [6.45, 7) is 0. The normalized spacial score (nSPS) is 30.5. The Balaban J connectivity index is 1.75. The van der Waals surface area contributed by atoms with Crippen molar-refractivity contribution in [3.05, 3.63) is 29.8 Å². The van der Waals surface area contributed by atoms with Crippen molar-refractivity contribution < 1.29 is 32.9 Å². The molecule has 1 fully saturated rings. The number of aryl methyl sites for hydroxylation is 1. The van der Waals surface area contributed by atoms with Crippen molar-refractivity contribution in [3.8, 4) is 5.75 Å². The first kappa shape index (κ1) is 22.2. The molecule has 0 amide bonds. The van der Waals surface area contributed by atoms with Crippen molar-refractivity contribution in [2.45, 2.75) is 48.8 Å². The van der Waals surface area contributed by atoms with Crippen LogP contribution in [0.4, 0.5) is 13.2 Å². The molecule has 6 nitrogen and oxygen atoms in total. The number of hydrogen-bond donors (Lipinski definition) is 2. The average molecular weight is 434 g/mol. The standard InChI is InChI=1S/C19H25F3N2O4S/c1-24(2)18-23-13-14(25)15(26)16(28-17(13)29-18)12(19(20,21)22)9-6-10-4-7-11(27-3)8-5-10/h4-5,7-8,12-17,25-26H,6,9H2,1-3H3/t12?,13-,14-,15+,16-,17-/m1/s1. The van der Waals surface area contributed by atoms with Crippen LogP contribution in [0, 0.1) is 5.92 Å². The van der Waals surface area contributed by atoms with Crippen molar-refractivity contribution in [3.63, 3.8) is 0 Å². The molecule has 0 aromatic heterocycles. The molecule has 1 aromatic rings. The Morgan fingerprint density at radius 1 is 1.21 bits per heavy atom. The van der Waals surface area contributed by atoms with Crippen LogP contribution in [0.3, 0.4) is 0 Å². The van der Waals surface area contributed by atoms with Crippen LogP contribution in [0.1, 0.15) is 12.0 Å². The van der Waals surface area contributed by atoms with Gasteiger partial charge in [-0.25, -0.2) is 0 Å². The first-order valence-electron chi connectivity index (χ1n) is 9.25. The number of nitrogens with zero attached hydrogens (tertiary/aromatic N) is 2. The third kappa shape index (κ3) is 4.82. The van der Waals surface area contributed by atoms with Gasteiger partial charge in [-0.3, -0.25) is 4.99 Å². The van der Waals surface area contributed by atoms with Crippen LogP contribution in [0.2, 0.25) is 0 Å². The number of halogens is 3. The summed E-state index contributed by atoms with van der Waals surface area (Å²) in [5.74, 6) is -1.30. The molecule has 0 aliphatic carbocycles. The van der Waals surface area contributed by atoms with Crippen molar-refractivity contribution in [2.75, 3.05) is 21.2 Å². The number of ether oxygens (including phenoxy) is 2. The van der Waals surface area contributed by atoms with Gasteiger partial charge in [0.05, 0.1) is 19.1 Å². The molecular weight excluding hydrogens is 409 g/mol. The average Bonchev–Trinajstić information content (AvgIpc) is 3.10. The molecule has 2 aliphatic rings. The van der Waals surface area contributed by atoms with E-state index in [9.17, 15) is 23.4 Å². The van der Waals surface area contributed by atoms with E-state index in [1.165, 1.54) is 7.11 Å². The van der Waals surface area contributed by atoms with E-state index >= 15 is 0 Å². The topological polar surface area (TPSA) is 74.5 Å². The Labute approximate surface area is 171 Å². The lowest BCUT2D eigenvalue weighted by Gasteiger charge is -2.42. The molecule has 6 atom stereocenters. The van der Waals surface area contributed by atoms with Gasteiger partial charge in [-0.1, -0.05) is 23.9 Å². The van der Waals surface area contributed by atoms with Crippen LogP contribution in [0.15, 0.2) is 29.3 Å². The number of alkyl halides is 3. The van der Waals surface area contributed by atoms with E-state index < -0.39 is 41.9 Å². The van der Waals surface area contributed by atoms with Gasteiger partial charge in [0.15, 0.2) is 5.17 Å². The minimum Gasteiger partial charge on any atom is -0.497 e. The van der Waals surface area contributed by atoms with Gasteiger partial charge in [0, 0.05) is 14.1 Å². The minimum absolute atomic E-state index is 0.150. The fraction of sp³-hybridized carbons (Fsp3) is 0.632. The van der Waals surface area contributed by atoms with Crippen LogP contribution >= 0.6 is 11.8 Å². The highest BCUT2D eigenvalue weighted by Gasteiger charge is 2.56. The molecule has 29 heavy (non-hydrogen) atoms. The molecule has 1 unspecified atom stereocenters. The summed E-state index contributed by atoms with van der Waals surface area (Å²) >= 11 is 1.16. The molecule has 1 aromatic carbocycles. The molecule has 2 heterocycles. The van der Waals surface area contributed by atoms with E-state index in [0.29, 0.717) is 10.9 Å². The number of aliphatic hydroxyl groups is 2. The summed E-state index contributed by atoms with van der Waals surface area (Å²) < 4.78 is 52.2. The molecule has 2 aliphatic heterocycles. The molecule has 1 saturated heterocycles. The molecular formula is C19H25F3N2O4S. The van der Waals surface area contributed by atoms with Gasteiger partial charge in [0.2, 0.25) is 0 Å². The first-order valence-corrected chi connectivity index (χ1v) is 10.1. The number of thioether (sulfide) groups is 1. The van der Waals surface area contributed by atoms with Crippen LogP contribution in [-0.4, -0.2) is 77.5 Å². The molecule has 10 heteroatoms. The summed E-state index contributed by atoms with van der Waals surface area (Å²) in [7, 11) is 5.01. The quantitative estimate of drug-likeness (QED) is 0.741. The smallest absolute Gasteiger partial charge is 0.394 e. The largest absolute Gasteiger partial charge is 0.497 e. The van der Waals surface area contributed by atoms with E-state index in [2.05, 4.69) is 4.99 Å². The van der Waals surface area contributed by atoms with E-state index in [0.717, 1.165) is 17.3 Å². The van der Waals surface area contributed by atoms with Crippen LogP contribution < -0.4 is 4.74 Å². The Kier molecular flexibility index (Phi) is 6.67. The maximum atomic E-state index is 13.8. The SMILES string of the molecule is COc1ccc(CCC([C@H]2O[C@@H]3SC(N(C)C)=N[C@@H]3[C@@H](O)[C@@H]2O)C(F)(F)F)cc1.